The summed E-state index contributed by atoms with van der Waals surface area (Å²) in [4.78, 5) is 15.7. The highest BCUT2D eigenvalue weighted by atomic mass is 35.5. The summed E-state index contributed by atoms with van der Waals surface area (Å²) >= 11 is 16.6. The fraction of sp³-hybridized carbons (Fsp3) is 0.267. The standard InChI is InChI=1S/C15H10Cl3F3N2O/c16-10(13(17)18)14(24)23-6-5-8-7-3-1-2-4-9(7)22-11(8)12(23)15(19,20)21/h1-4,12,22H,5-6H2/t12-/m1/s1. The van der Waals surface area contributed by atoms with E-state index in [-0.39, 0.29) is 18.7 Å². The van der Waals surface area contributed by atoms with Gasteiger partial charge in [-0.2, -0.15) is 13.2 Å². The molecule has 0 spiro atoms. The Labute approximate surface area is 150 Å². The normalized spacial score (nSPS) is 17.8. The first-order valence-electron chi connectivity index (χ1n) is 6.89. The predicted octanol–water partition coefficient (Wildman–Crippen LogP) is 5.04. The number of aromatic nitrogens is 1. The Bertz CT molecular complexity index is 840. The number of H-pyrrole nitrogens is 1. The molecule has 1 N–H and O–H groups in total. The van der Waals surface area contributed by atoms with Crippen LogP contribution in [0.4, 0.5) is 13.2 Å². The number of aromatic amines is 1. The van der Waals surface area contributed by atoms with Gasteiger partial charge < -0.3 is 9.88 Å². The molecule has 0 unspecified atom stereocenters. The van der Waals surface area contributed by atoms with Crippen molar-refractivity contribution in [2.24, 2.45) is 0 Å². The van der Waals surface area contributed by atoms with Crippen LogP contribution in [0.2, 0.25) is 0 Å². The molecule has 0 saturated carbocycles. The molecule has 3 rings (SSSR count). The van der Waals surface area contributed by atoms with Gasteiger partial charge in [0, 0.05) is 17.4 Å². The van der Waals surface area contributed by atoms with Gasteiger partial charge in [0.05, 0.1) is 5.69 Å². The first-order valence-corrected chi connectivity index (χ1v) is 8.03. The lowest BCUT2D eigenvalue weighted by atomic mass is 9.96. The van der Waals surface area contributed by atoms with E-state index in [4.69, 9.17) is 34.8 Å². The average Bonchev–Trinajstić information content (AvgIpc) is 2.89. The summed E-state index contributed by atoms with van der Waals surface area (Å²) in [7, 11) is 0. The van der Waals surface area contributed by atoms with Crippen LogP contribution >= 0.6 is 34.8 Å². The third-order valence-corrected chi connectivity index (χ3v) is 4.88. The second-order valence-electron chi connectivity index (χ2n) is 5.33. The van der Waals surface area contributed by atoms with Crippen LogP contribution in [0.15, 0.2) is 33.8 Å². The number of rotatable bonds is 1. The third-order valence-electron chi connectivity index (χ3n) is 3.96. The minimum atomic E-state index is -4.68. The number of hydrogen-bond donors (Lipinski definition) is 1. The molecule has 2 aromatic rings. The molecule has 0 bridgehead atoms. The number of alkyl halides is 3. The van der Waals surface area contributed by atoms with E-state index >= 15 is 0 Å². The number of hydrogen-bond acceptors (Lipinski definition) is 1. The van der Waals surface area contributed by atoms with E-state index in [2.05, 4.69) is 4.98 Å². The van der Waals surface area contributed by atoms with Crippen LogP contribution in [-0.4, -0.2) is 28.5 Å². The molecule has 9 heteroatoms. The molecule has 0 fully saturated rings. The summed E-state index contributed by atoms with van der Waals surface area (Å²) in [6, 6.07) is 4.78. The van der Waals surface area contributed by atoms with Crippen LogP contribution in [0.25, 0.3) is 10.9 Å². The van der Waals surface area contributed by atoms with Crippen molar-refractivity contribution >= 4 is 51.6 Å². The number of carbonyl (C=O) groups excluding carboxylic acids is 1. The number of carbonyl (C=O) groups is 1. The third kappa shape index (κ3) is 2.87. The molecule has 0 saturated heterocycles. The van der Waals surface area contributed by atoms with E-state index < -0.39 is 27.6 Å². The molecule has 1 atom stereocenters. The minimum absolute atomic E-state index is 0.0570. The van der Waals surface area contributed by atoms with Crippen LogP contribution in [0.1, 0.15) is 17.3 Å². The van der Waals surface area contributed by atoms with Crippen LogP contribution < -0.4 is 0 Å². The monoisotopic (exact) mass is 396 g/mol. The van der Waals surface area contributed by atoms with Crippen LogP contribution in [0, 0.1) is 0 Å². The fourth-order valence-electron chi connectivity index (χ4n) is 3.01. The zero-order valence-electron chi connectivity index (χ0n) is 11.9. The first-order chi connectivity index (χ1) is 11.2. The molecule has 0 radical (unpaired) electrons. The highest BCUT2D eigenvalue weighted by molar-refractivity contribution is 6.62. The van der Waals surface area contributed by atoms with E-state index in [1.54, 1.807) is 24.3 Å². The molecule has 2 heterocycles. The van der Waals surface area contributed by atoms with Crippen LogP contribution in [0.5, 0.6) is 0 Å². The summed E-state index contributed by atoms with van der Waals surface area (Å²) in [6.45, 7) is -0.144. The molecule has 24 heavy (non-hydrogen) atoms. The van der Waals surface area contributed by atoms with Crippen molar-refractivity contribution in [2.75, 3.05) is 6.54 Å². The molecule has 1 aromatic carbocycles. The number of fused-ring (bicyclic) bond motifs is 3. The molecule has 1 aliphatic heterocycles. The highest BCUT2D eigenvalue weighted by Gasteiger charge is 2.50. The average molecular weight is 398 g/mol. The molecule has 1 aromatic heterocycles. The SMILES string of the molecule is O=C(C(Cl)=C(Cl)Cl)N1CCc2c([nH]c3ccccc23)[C@@H]1C(F)(F)F. The molecular formula is C15H10Cl3F3N2O. The second kappa shape index (κ2) is 6.17. The van der Waals surface area contributed by atoms with Gasteiger partial charge >= 0.3 is 6.18 Å². The van der Waals surface area contributed by atoms with Crippen molar-refractivity contribution in [3.63, 3.8) is 0 Å². The number of nitrogens with zero attached hydrogens (tertiary/aromatic N) is 1. The van der Waals surface area contributed by atoms with E-state index in [0.717, 1.165) is 0 Å². The Balaban J connectivity index is 2.15. The summed E-state index contributed by atoms with van der Waals surface area (Å²) in [5.41, 5.74) is 1.08. The molecule has 128 valence electrons. The fourth-order valence-corrected chi connectivity index (χ4v) is 3.28. The van der Waals surface area contributed by atoms with Crippen molar-refractivity contribution in [1.82, 2.24) is 9.88 Å². The zero-order chi connectivity index (χ0) is 17.6. The Kier molecular flexibility index (Phi) is 4.49. The van der Waals surface area contributed by atoms with E-state index in [1.165, 1.54) is 0 Å². The van der Waals surface area contributed by atoms with E-state index in [1.807, 2.05) is 0 Å². The molecule has 1 amide bonds. The Morgan fingerprint density at radius 1 is 1.21 bits per heavy atom. The molecule has 3 nitrogen and oxygen atoms in total. The molecular weight excluding hydrogens is 388 g/mol. The van der Waals surface area contributed by atoms with Gasteiger partial charge in [-0.3, -0.25) is 4.79 Å². The maximum atomic E-state index is 13.7. The van der Waals surface area contributed by atoms with E-state index in [0.29, 0.717) is 21.4 Å². The summed E-state index contributed by atoms with van der Waals surface area (Å²) in [5.74, 6) is -1.05. The molecule has 0 aliphatic carbocycles. The van der Waals surface area contributed by atoms with Gasteiger partial charge in [-0.25, -0.2) is 0 Å². The number of nitrogens with one attached hydrogen (secondary N) is 1. The van der Waals surface area contributed by atoms with Gasteiger partial charge in [0.25, 0.3) is 5.91 Å². The second-order valence-corrected chi connectivity index (χ2v) is 6.66. The summed E-state index contributed by atoms with van der Waals surface area (Å²) < 4.78 is 40.5. The zero-order valence-corrected chi connectivity index (χ0v) is 14.2. The number of para-hydroxylation sites is 1. The van der Waals surface area contributed by atoms with Crippen molar-refractivity contribution in [2.45, 2.75) is 18.6 Å². The van der Waals surface area contributed by atoms with Gasteiger partial charge in [0.1, 0.15) is 9.52 Å². The van der Waals surface area contributed by atoms with Crippen molar-refractivity contribution in [1.29, 1.82) is 0 Å². The Hall–Kier alpha value is -1.37. The summed E-state index contributed by atoms with van der Waals surface area (Å²) in [6.07, 6.45) is -4.41. The lowest BCUT2D eigenvalue weighted by Crippen LogP contribution is -2.46. The maximum Gasteiger partial charge on any atom is 0.414 e. The molecule has 1 aliphatic rings. The van der Waals surface area contributed by atoms with E-state index in [9.17, 15) is 18.0 Å². The lowest BCUT2D eigenvalue weighted by molar-refractivity contribution is -0.193. The van der Waals surface area contributed by atoms with Crippen LogP contribution in [-0.2, 0) is 11.2 Å². The Morgan fingerprint density at radius 2 is 1.88 bits per heavy atom. The highest BCUT2D eigenvalue weighted by Crippen LogP contribution is 2.44. The quantitative estimate of drug-likeness (QED) is 0.672. The van der Waals surface area contributed by atoms with Gasteiger partial charge in [-0.15, -0.1) is 0 Å². The number of benzene rings is 1. The topological polar surface area (TPSA) is 36.1 Å². The Morgan fingerprint density at radius 3 is 2.50 bits per heavy atom. The van der Waals surface area contributed by atoms with Gasteiger partial charge in [-0.05, 0) is 18.1 Å². The maximum absolute atomic E-state index is 13.7. The van der Waals surface area contributed by atoms with Gasteiger partial charge in [-0.1, -0.05) is 53.0 Å². The van der Waals surface area contributed by atoms with Crippen molar-refractivity contribution < 1.29 is 18.0 Å². The van der Waals surface area contributed by atoms with Crippen molar-refractivity contribution in [3.05, 3.63) is 45.0 Å². The first kappa shape index (κ1) is 17.5. The van der Waals surface area contributed by atoms with Crippen LogP contribution in [0.3, 0.4) is 0 Å². The minimum Gasteiger partial charge on any atom is -0.356 e. The van der Waals surface area contributed by atoms with Gasteiger partial charge in [0.15, 0.2) is 6.04 Å². The largest absolute Gasteiger partial charge is 0.414 e. The number of amides is 1. The lowest BCUT2D eigenvalue weighted by Gasteiger charge is -2.36. The predicted molar refractivity (Wildman–Crippen MR) is 87.1 cm³/mol. The van der Waals surface area contributed by atoms with Gasteiger partial charge in [0.2, 0.25) is 0 Å². The van der Waals surface area contributed by atoms with Crippen molar-refractivity contribution in [3.8, 4) is 0 Å². The number of halogens is 6. The summed E-state index contributed by atoms with van der Waals surface area (Å²) in [5, 5.41) is 0.0815. The smallest absolute Gasteiger partial charge is 0.356 e.